The second-order valence-electron chi connectivity index (χ2n) is 11.0. The fourth-order valence-electron chi connectivity index (χ4n) is 5.16. The molecule has 10 atom stereocenters. The van der Waals surface area contributed by atoms with Crippen molar-refractivity contribution in [2.45, 2.75) is 79.1 Å². The van der Waals surface area contributed by atoms with Gasteiger partial charge < -0.3 is 59.7 Å². The van der Waals surface area contributed by atoms with Crippen molar-refractivity contribution < 1.29 is 63.2 Å². The van der Waals surface area contributed by atoms with Crippen molar-refractivity contribution in [1.29, 1.82) is 0 Å². The van der Waals surface area contributed by atoms with Crippen molar-refractivity contribution >= 4 is 32.7 Å². The third kappa shape index (κ3) is 7.90. The molecule has 8 N–H and O–H groups in total. The van der Waals surface area contributed by atoms with Gasteiger partial charge in [0.25, 0.3) is 6.29 Å². The van der Waals surface area contributed by atoms with E-state index in [4.69, 9.17) is 19.0 Å². The minimum atomic E-state index is -3.82. The Morgan fingerprint density at radius 2 is 1.51 bits per heavy atom. The fraction of sp³-hybridized carbons (Fsp3) is 0.607. The van der Waals surface area contributed by atoms with Gasteiger partial charge in [-0.15, -0.1) is 0 Å². The van der Waals surface area contributed by atoms with Crippen LogP contribution in [0.15, 0.2) is 46.4 Å². The second kappa shape index (κ2) is 15.4. The predicted molar refractivity (Wildman–Crippen MR) is 159 cm³/mol. The summed E-state index contributed by atoms with van der Waals surface area (Å²) in [5.74, 6) is 0. The van der Waals surface area contributed by atoms with E-state index in [0.29, 0.717) is 11.8 Å². The van der Waals surface area contributed by atoms with Gasteiger partial charge in [0.15, 0.2) is 6.29 Å². The maximum Gasteiger partial charge on any atom is 0.256 e. The van der Waals surface area contributed by atoms with Crippen LogP contribution in [0.4, 0.5) is 5.69 Å². The molecule has 252 valence electrons. The molecule has 45 heavy (non-hydrogen) atoms. The molecule has 0 amide bonds. The van der Waals surface area contributed by atoms with Crippen LogP contribution in [0.1, 0.15) is 12.8 Å². The lowest BCUT2D eigenvalue weighted by Crippen LogP contribution is -2.64. The molecule has 2 aliphatic rings. The maximum absolute atomic E-state index is 13.0. The van der Waals surface area contributed by atoms with Gasteiger partial charge in [-0.3, -0.25) is 0 Å². The molecular formula is C28H41N3O13S. The van der Waals surface area contributed by atoms with Gasteiger partial charge in [-0.25, -0.2) is 13.1 Å². The number of fused-ring (bicyclic) bond motifs is 1. The molecule has 4 rings (SSSR count). The molecule has 2 heterocycles. The number of hydrogen-bond acceptors (Lipinski definition) is 15. The van der Waals surface area contributed by atoms with Crippen molar-refractivity contribution in [2.75, 3.05) is 38.8 Å². The minimum absolute atomic E-state index is 0.100. The summed E-state index contributed by atoms with van der Waals surface area (Å²) in [6.07, 6.45) is -13.9. The van der Waals surface area contributed by atoms with Gasteiger partial charge in [0.2, 0.25) is 10.0 Å². The van der Waals surface area contributed by atoms with E-state index in [2.05, 4.69) is 9.88 Å². The fourth-order valence-corrected chi connectivity index (χ4v) is 6.46. The van der Waals surface area contributed by atoms with Crippen LogP contribution in [0.5, 0.6) is 0 Å². The monoisotopic (exact) mass is 659 g/mol. The third-order valence-electron chi connectivity index (χ3n) is 7.63. The molecule has 16 nitrogen and oxygen atoms in total. The van der Waals surface area contributed by atoms with Crippen molar-refractivity contribution in [3.8, 4) is 0 Å². The number of oxime groups is 1. The Labute approximate surface area is 260 Å². The number of nitrogens with zero attached hydrogens (tertiary/aromatic N) is 2. The molecular weight excluding hydrogens is 618 g/mol. The second-order valence-corrected chi connectivity index (χ2v) is 12.7. The molecule has 2 aromatic rings. The Morgan fingerprint density at radius 3 is 2.20 bits per heavy atom. The topological polar surface area (TPSA) is 240 Å². The lowest BCUT2D eigenvalue weighted by atomic mass is 9.97. The van der Waals surface area contributed by atoms with Gasteiger partial charge in [-0.2, -0.15) is 0 Å². The molecule has 2 aliphatic heterocycles. The molecule has 0 unspecified atom stereocenters. The Kier molecular flexibility index (Phi) is 12.1. The number of anilines is 1. The number of unbranched alkanes of at least 4 members (excludes halogenated alkanes) is 1. The minimum Gasteiger partial charge on any atom is -0.394 e. The van der Waals surface area contributed by atoms with Crippen LogP contribution < -0.4 is 9.62 Å². The number of hydrogen-bond donors (Lipinski definition) is 8. The number of aliphatic hydroxyl groups is 7. The third-order valence-corrected chi connectivity index (χ3v) is 9.15. The van der Waals surface area contributed by atoms with E-state index in [1.54, 1.807) is 24.3 Å². The summed E-state index contributed by atoms with van der Waals surface area (Å²) >= 11 is 0. The average molecular weight is 660 g/mol. The van der Waals surface area contributed by atoms with Crippen molar-refractivity contribution in [3.05, 3.63) is 36.4 Å². The highest BCUT2D eigenvalue weighted by atomic mass is 32.2. The number of sulfonamides is 1. The summed E-state index contributed by atoms with van der Waals surface area (Å²) in [6, 6.07) is 10.6. The molecule has 17 heteroatoms. The summed E-state index contributed by atoms with van der Waals surface area (Å²) in [7, 11) is -0.0521. The molecule has 2 fully saturated rings. The lowest BCUT2D eigenvalue weighted by molar-refractivity contribution is -0.359. The van der Waals surface area contributed by atoms with Crippen molar-refractivity contribution in [2.24, 2.45) is 5.16 Å². The van der Waals surface area contributed by atoms with Gasteiger partial charge in [-0.1, -0.05) is 29.4 Å². The van der Waals surface area contributed by atoms with Gasteiger partial charge in [0.1, 0.15) is 48.8 Å². The van der Waals surface area contributed by atoms with Crippen LogP contribution in [0.3, 0.4) is 0 Å². The van der Waals surface area contributed by atoms with E-state index in [9.17, 15) is 44.2 Å². The SMILES string of the molecule is CN(C)c1cccc2c(S(=O)(=O)NCCC/C=N/O[C@@H]3O[C@H](CO)[C@@H](O[C@@H]4O[C@H](CO)[C@H](O)[C@H](O)[C@H]4O)[C@H](O)[C@H]3O)cccc12. The highest BCUT2D eigenvalue weighted by Gasteiger charge is 2.51. The van der Waals surface area contributed by atoms with Crippen LogP contribution in [0.25, 0.3) is 10.8 Å². The quantitative estimate of drug-likeness (QED) is 0.0635. The molecule has 0 aliphatic carbocycles. The van der Waals surface area contributed by atoms with E-state index < -0.39 is 84.6 Å². The number of aliphatic hydroxyl groups excluding tert-OH is 7. The zero-order valence-electron chi connectivity index (χ0n) is 24.7. The first-order chi connectivity index (χ1) is 21.4. The molecule has 0 radical (unpaired) electrons. The van der Waals surface area contributed by atoms with Gasteiger partial charge >= 0.3 is 0 Å². The van der Waals surface area contributed by atoms with E-state index in [1.165, 1.54) is 6.21 Å². The number of ether oxygens (including phenoxy) is 3. The molecule has 2 aromatic carbocycles. The van der Waals surface area contributed by atoms with Crippen LogP contribution in [0.2, 0.25) is 0 Å². The zero-order valence-corrected chi connectivity index (χ0v) is 25.5. The van der Waals surface area contributed by atoms with E-state index in [-0.39, 0.29) is 17.9 Å². The van der Waals surface area contributed by atoms with Gasteiger partial charge in [0.05, 0.1) is 18.1 Å². The Morgan fingerprint density at radius 1 is 0.867 bits per heavy atom. The number of nitrogens with one attached hydrogen (secondary N) is 1. The summed E-state index contributed by atoms with van der Waals surface area (Å²) in [5.41, 5.74) is 0.891. The lowest BCUT2D eigenvalue weighted by Gasteiger charge is -2.45. The summed E-state index contributed by atoms with van der Waals surface area (Å²) in [6.45, 7) is -1.33. The zero-order chi connectivity index (χ0) is 32.9. The Hall–Kier alpha value is -2.52. The summed E-state index contributed by atoms with van der Waals surface area (Å²) in [5, 5.41) is 75.6. The maximum atomic E-state index is 13.0. The van der Waals surface area contributed by atoms with Crippen LogP contribution in [-0.4, -0.2) is 146 Å². The molecule has 0 bridgehead atoms. The van der Waals surface area contributed by atoms with Gasteiger partial charge in [0, 0.05) is 43.3 Å². The van der Waals surface area contributed by atoms with E-state index in [1.807, 2.05) is 31.1 Å². The van der Waals surface area contributed by atoms with Crippen molar-refractivity contribution in [3.63, 3.8) is 0 Å². The average Bonchev–Trinajstić information content (AvgIpc) is 3.02. The standard InChI is InChI=1S/C28H41N3O13S/c1-31(2)17-9-5-8-16-15(17)7-6-10-20(16)45(39,40)30-12-4-3-11-29-44-28-25(38)23(36)26(19(14-33)42-28)43-27-24(37)22(35)21(34)18(13-32)41-27/h5-11,18-19,21-28,30,32-38H,3-4,12-14H2,1-2H3/b29-11+/t18-,19-,21+,22+,23-,24-,25-,26-,27+,28+/m1/s1. The normalized spacial score (nSPS) is 32.6. The van der Waals surface area contributed by atoms with E-state index in [0.717, 1.165) is 11.1 Å². The van der Waals surface area contributed by atoms with Crippen molar-refractivity contribution in [1.82, 2.24) is 4.72 Å². The summed E-state index contributed by atoms with van der Waals surface area (Å²) < 4.78 is 44.9. The number of benzene rings is 2. The highest BCUT2D eigenvalue weighted by molar-refractivity contribution is 7.89. The molecule has 0 saturated carbocycles. The Bertz CT molecular complexity index is 1390. The Balaban J connectivity index is 1.27. The van der Waals surface area contributed by atoms with Gasteiger partial charge in [-0.05, 0) is 25.0 Å². The first kappa shape index (κ1) is 35.3. The first-order valence-corrected chi connectivity index (χ1v) is 15.8. The number of rotatable bonds is 13. The molecule has 0 spiro atoms. The molecule has 0 aromatic heterocycles. The predicted octanol–water partition coefficient (Wildman–Crippen LogP) is -2.41. The smallest absolute Gasteiger partial charge is 0.256 e. The summed E-state index contributed by atoms with van der Waals surface area (Å²) in [4.78, 5) is 7.23. The van der Waals surface area contributed by atoms with Crippen LogP contribution in [0, 0.1) is 0 Å². The van der Waals surface area contributed by atoms with E-state index >= 15 is 0 Å². The first-order valence-electron chi connectivity index (χ1n) is 14.4. The molecule has 2 saturated heterocycles. The van der Waals surface area contributed by atoms with Crippen LogP contribution >= 0.6 is 0 Å². The van der Waals surface area contributed by atoms with Crippen LogP contribution in [-0.2, 0) is 29.1 Å². The highest BCUT2D eigenvalue weighted by Crippen LogP contribution is 2.31. The largest absolute Gasteiger partial charge is 0.394 e.